The second-order valence-corrected chi connectivity index (χ2v) is 5.23. The van der Waals surface area contributed by atoms with Gasteiger partial charge in [-0.25, -0.2) is 4.79 Å². The third kappa shape index (κ3) is 3.58. The van der Waals surface area contributed by atoms with E-state index in [9.17, 15) is 4.79 Å². The number of anilines is 1. The number of rotatable bonds is 4. The highest BCUT2D eigenvalue weighted by atomic mass is 79.9. The molecule has 0 heterocycles. The lowest BCUT2D eigenvalue weighted by Gasteiger charge is -2.10. The van der Waals surface area contributed by atoms with Crippen molar-refractivity contribution in [1.82, 2.24) is 0 Å². The summed E-state index contributed by atoms with van der Waals surface area (Å²) < 4.78 is 1.04. The molecule has 0 atom stereocenters. The van der Waals surface area contributed by atoms with E-state index in [1.54, 1.807) is 12.1 Å². The van der Waals surface area contributed by atoms with Crippen LogP contribution in [0.4, 0.5) is 5.69 Å². The summed E-state index contributed by atoms with van der Waals surface area (Å²) in [5.41, 5.74) is 3.32. The molecule has 0 fully saturated rings. The predicted molar refractivity (Wildman–Crippen MR) is 79.6 cm³/mol. The molecule has 0 aliphatic rings. The van der Waals surface area contributed by atoms with Crippen molar-refractivity contribution in [3.8, 4) is 0 Å². The van der Waals surface area contributed by atoms with Gasteiger partial charge in [-0.2, -0.15) is 0 Å². The number of carboxylic acids is 1. The maximum Gasteiger partial charge on any atom is 0.335 e. The number of halogens is 1. The number of nitrogens with one attached hydrogen (secondary N) is 1. The molecule has 0 saturated heterocycles. The topological polar surface area (TPSA) is 49.3 Å². The van der Waals surface area contributed by atoms with Gasteiger partial charge in [0.25, 0.3) is 0 Å². The summed E-state index contributed by atoms with van der Waals surface area (Å²) in [6.07, 6.45) is 0. The normalized spacial score (nSPS) is 10.2. The number of hydrogen-bond donors (Lipinski definition) is 2. The Balaban J connectivity index is 2.12. The Bertz CT molecular complexity index is 594. The van der Waals surface area contributed by atoms with Crippen molar-refractivity contribution in [3.63, 3.8) is 0 Å². The zero-order chi connectivity index (χ0) is 13.8. The fourth-order valence-electron chi connectivity index (χ4n) is 1.75. The van der Waals surface area contributed by atoms with Crippen LogP contribution in [0.3, 0.4) is 0 Å². The number of carbonyl (C=O) groups is 1. The summed E-state index contributed by atoms with van der Waals surface area (Å²) >= 11 is 3.39. The Morgan fingerprint density at radius 2 is 1.89 bits per heavy atom. The number of aromatic carboxylic acids is 1. The van der Waals surface area contributed by atoms with E-state index in [4.69, 9.17) is 5.11 Å². The van der Waals surface area contributed by atoms with E-state index in [-0.39, 0.29) is 0 Å². The SMILES string of the molecule is Cc1ccc(C(=O)O)cc1NCc1ccc(Br)cc1. The molecule has 2 N–H and O–H groups in total. The molecule has 2 rings (SSSR count). The molecule has 0 spiro atoms. The van der Waals surface area contributed by atoms with E-state index in [2.05, 4.69) is 21.2 Å². The molecule has 0 unspecified atom stereocenters. The van der Waals surface area contributed by atoms with Crippen molar-refractivity contribution in [3.05, 3.63) is 63.6 Å². The molecule has 19 heavy (non-hydrogen) atoms. The van der Waals surface area contributed by atoms with Gasteiger partial charge in [-0.3, -0.25) is 0 Å². The van der Waals surface area contributed by atoms with Crippen LogP contribution in [0.15, 0.2) is 46.9 Å². The average Bonchev–Trinajstić information content (AvgIpc) is 2.39. The van der Waals surface area contributed by atoms with Gasteiger partial charge in [0.15, 0.2) is 0 Å². The van der Waals surface area contributed by atoms with Crippen LogP contribution >= 0.6 is 15.9 Å². The van der Waals surface area contributed by atoms with Gasteiger partial charge in [0.2, 0.25) is 0 Å². The number of benzene rings is 2. The van der Waals surface area contributed by atoms with Gasteiger partial charge in [0.1, 0.15) is 0 Å². The molecule has 0 radical (unpaired) electrons. The Morgan fingerprint density at radius 1 is 1.21 bits per heavy atom. The Hall–Kier alpha value is -1.81. The molecule has 0 aromatic heterocycles. The monoisotopic (exact) mass is 319 g/mol. The second kappa shape index (κ2) is 5.89. The molecule has 98 valence electrons. The smallest absolute Gasteiger partial charge is 0.335 e. The Labute approximate surface area is 120 Å². The van der Waals surface area contributed by atoms with Gasteiger partial charge in [-0.05, 0) is 42.3 Å². The zero-order valence-corrected chi connectivity index (χ0v) is 12.1. The summed E-state index contributed by atoms with van der Waals surface area (Å²) in [6, 6.07) is 13.1. The molecule has 4 heteroatoms. The van der Waals surface area contributed by atoms with Crippen LogP contribution in [-0.4, -0.2) is 11.1 Å². The molecule has 0 saturated carbocycles. The molecule has 0 bridgehead atoms. The minimum Gasteiger partial charge on any atom is -0.478 e. The van der Waals surface area contributed by atoms with Crippen molar-refractivity contribution in [2.24, 2.45) is 0 Å². The first-order chi connectivity index (χ1) is 9.06. The highest BCUT2D eigenvalue weighted by molar-refractivity contribution is 9.10. The minimum atomic E-state index is -0.910. The highest BCUT2D eigenvalue weighted by Crippen LogP contribution is 2.18. The first-order valence-electron chi connectivity index (χ1n) is 5.88. The van der Waals surface area contributed by atoms with Gasteiger partial charge in [0.05, 0.1) is 5.56 Å². The van der Waals surface area contributed by atoms with Crippen LogP contribution in [0.1, 0.15) is 21.5 Å². The van der Waals surface area contributed by atoms with Crippen LogP contribution in [0.2, 0.25) is 0 Å². The Morgan fingerprint density at radius 3 is 2.53 bits per heavy atom. The lowest BCUT2D eigenvalue weighted by atomic mass is 10.1. The van der Waals surface area contributed by atoms with E-state index < -0.39 is 5.97 Å². The standard InChI is InChI=1S/C15H14BrNO2/c1-10-2-5-12(15(18)19)8-14(10)17-9-11-3-6-13(16)7-4-11/h2-8,17H,9H2,1H3,(H,18,19). The van der Waals surface area contributed by atoms with E-state index in [1.165, 1.54) is 0 Å². The number of aryl methyl sites for hydroxylation is 1. The van der Waals surface area contributed by atoms with Crippen molar-refractivity contribution in [1.29, 1.82) is 0 Å². The fourth-order valence-corrected chi connectivity index (χ4v) is 2.01. The van der Waals surface area contributed by atoms with E-state index in [0.717, 1.165) is 21.3 Å². The molecule has 2 aromatic rings. The van der Waals surface area contributed by atoms with Crippen molar-refractivity contribution < 1.29 is 9.90 Å². The molecule has 0 aliphatic heterocycles. The number of hydrogen-bond acceptors (Lipinski definition) is 2. The summed E-state index contributed by atoms with van der Waals surface area (Å²) in [4.78, 5) is 10.9. The van der Waals surface area contributed by atoms with E-state index in [0.29, 0.717) is 12.1 Å². The van der Waals surface area contributed by atoms with Crippen molar-refractivity contribution in [2.75, 3.05) is 5.32 Å². The minimum absolute atomic E-state index is 0.295. The maximum absolute atomic E-state index is 10.9. The summed E-state index contributed by atoms with van der Waals surface area (Å²) in [6.45, 7) is 2.62. The highest BCUT2D eigenvalue weighted by Gasteiger charge is 2.05. The summed E-state index contributed by atoms with van der Waals surface area (Å²) in [7, 11) is 0. The largest absolute Gasteiger partial charge is 0.478 e. The quantitative estimate of drug-likeness (QED) is 0.893. The summed E-state index contributed by atoms with van der Waals surface area (Å²) in [5, 5.41) is 12.2. The first-order valence-corrected chi connectivity index (χ1v) is 6.68. The van der Waals surface area contributed by atoms with Gasteiger partial charge >= 0.3 is 5.97 Å². The third-order valence-corrected chi connectivity index (χ3v) is 3.41. The van der Waals surface area contributed by atoms with E-state index >= 15 is 0 Å². The first kappa shape index (κ1) is 13.6. The lowest BCUT2D eigenvalue weighted by molar-refractivity contribution is 0.0697. The van der Waals surface area contributed by atoms with Gasteiger partial charge in [-0.1, -0.05) is 34.1 Å². The second-order valence-electron chi connectivity index (χ2n) is 4.31. The van der Waals surface area contributed by atoms with Crippen LogP contribution < -0.4 is 5.32 Å². The summed E-state index contributed by atoms with van der Waals surface area (Å²) in [5.74, 6) is -0.910. The molecule has 2 aromatic carbocycles. The third-order valence-electron chi connectivity index (χ3n) is 2.88. The molecule has 0 aliphatic carbocycles. The van der Waals surface area contributed by atoms with Crippen molar-refractivity contribution >= 4 is 27.6 Å². The molecular formula is C15H14BrNO2. The molecule has 3 nitrogen and oxygen atoms in total. The van der Waals surface area contributed by atoms with Gasteiger partial charge < -0.3 is 10.4 Å². The van der Waals surface area contributed by atoms with Crippen molar-refractivity contribution in [2.45, 2.75) is 13.5 Å². The van der Waals surface area contributed by atoms with Gasteiger partial charge in [0, 0.05) is 16.7 Å². The Kier molecular flexibility index (Phi) is 4.22. The lowest BCUT2D eigenvalue weighted by Crippen LogP contribution is -2.03. The number of carboxylic acid groups (broad SMARTS) is 1. The van der Waals surface area contributed by atoms with Gasteiger partial charge in [-0.15, -0.1) is 0 Å². The van der Waals surface area contributed by atoms with Crippen LogP contribution in [0.5, 0.6) is 0 Å². The average molecular weight is 320 g/mol. The van der Waals surface area contributed by atoms with Crippen LogP contribution in [0, 0.1) is 6.92 Å². The maximum atomic E-state index is 10.9. The van der Waals surface area contributed by atoms with E-state index in [1.807, 2.05) is 37.3 Å². The fraction of sp³-hybridized carbons (Fsp3) is 0.133. The molecular weight excluding hydrogens is 306 g/mol. The van der Waals surface area contributed by atoms with Crippen LogP contribution in [0.25, 0.3) is 0 Å². The predicted octanol–water partition coefficient (Wildman–Crippen LogP) is 4.07. The molecule has 0 amide bonds. The zero-order valence-electron chi connectivity index (χ0n) is 10.5. The van der Waals surface area contributed by atoms with Crippen LogP contribution in [-0.2, 0) is 6.54 Å².